The maximum atomic E-state index is 6.13. The number of aromatic nitrogens is 2. The highest BCUT2D eigenvalue weighted by Gasteiger charge is 2.19. The Morgan fingerprint density at radius 1 is 0.885 bits per heavy atom. The zero-order chi connectivity index (χ0) is 18.1. The van der Waals surface area contributed by atoms with Crippen LogP contribution in [0.5, 0.6) is 0 Å². The Bertz CT molecular complexity index is 913. The highest BCUT2D eigenvalue weighted by Crippen LogP contribution is 2.23. The second-order valence-corrected chi connectivity index (χ2v) is 7.69. The molecule has 0 radical (unpaired) electrons. The van der Waals surface area contributed by atoms with E-state index in [9.17, 15) is 0 Å². The van der Waals surface area contributed by atoms with Gasteiger partial charge in [-0.3, -0.25) is 9.80 Å². The van der Waals surface area contributed by atoms with Crippen LogP contribution in [0, 0.1) is 0 Å². The summed E-state index contributed by atoms with van der Waals surface area (Å²) in [6.45, 7) is 5.99. The van der Waals surface area contributed by atoms with Crippen molar-refractivity contribution >= 4 is 34.2 Å². The first kappa shape index (κ1) is 17.8. The molecular formula is C20H22Cl2N4. The molecule has 0 aliphatic carbocycles. The zero-order valence-corrected chi connectivity index (χ0v) is 16.3. The van der Waals surface area contributed by atoms with Crippen LogP contribution in [-0.2, 0) is 20.1 Å². The van der Waals surface area contributed by atoms with E-state index in [0.717, 1.165) is 50.6 Å². The van der Waals surface area contributed by atoms with Gasteiger partial charge in [-0.2, -0.15) is 0 Å². The van der Waals surface area contributed by atoms with Crippen LogP contribution in [0.4, 0.5) is 0 Å². The number of aryl methyl sites for hydroxylation is 1. The molecule has 0 unspecified atom stereocenters. The fraction of sp³-hybridized carbons (Fsp3) is 0.350. The summed E-state index contributed by atoms with van der Waals surface area (Å²) in [4.78, 5) is 9.73. The minimum Gasteiger partial charge on any atom is -0.330 e. The minimum absolute atomic E-state index is 0.614. The first-order chi connectivity index (χ1) is 12.6. The molecular weight excluding hydrogens is 367 g/mol. The molecule has 0 bridgehead atoms. The lowest BCUT2D eigenvalue weighted by molar-refractivity contribution is 0.119. The standard InChI is InChI=1S/C20H22Cl2N4/c1-24-19-5-3-2-4-18(19)23-20(24)14-26-10-8-25(9-11-26)13-15-6-7-16(21)17(22)12-15/h2-7,12H,8-11,13-14H2,1H3. The minimum atomic E-state index is 0.614. The molecule has 6 heteroatoms. The fourth-order valence-electron chi connectivity index (χ4n) is 3.54. The quantitative estimate of drug-likeness (QED) is 0.669. The molecule has 4 rings (SSSR count). The van der Waals surface area contributed by atoms with E-state index in [1.165, 1.54) is 11.1 Å². The highest BCUT2D eigenvalue weighted by atomic mass is 35.5. The van der Waals surface area contributed by atoms with E-state index >= 15 is 0 Å². The van der Waals surface area contributed by atoms with Crippen molar-refractivity contribution in [1.82, 2.24) is 19.4 Å². The number of imidazole rings is 1. The van der Waals surface area contributed by atoms with Crippen LogP contribution in [0.15, 0.2) is 42.5 Å². The maximum Gasteiger partial charge on any atom is 0.123 e. The van der Waals surface area contributed by atoms with Gasteiger partial charge in [0, 0.05) is 39.8 Å². The number of piperazine rings is 1. The summed E-state index contributed by atoms with van der Waals surface area (Å²) in [5.74, 6) is 1.13. The number of para-hydroxylation sites is 2. The van der Waals surface area contributed by atoms with Crippen LogP contribution in [0.1, 0.15) is 11.4 Å². The second kappa shape index (κ2) is 7.57. The van der Waals surface area contributed by atoms with Gasteiger partial charge in [-0.25, -0.2) is 4.98 Å². The monoisotopic (exact) mass is 388 g/mol. The molecule has 26 heavy (non-hydrogen) atoms. The van der Waals surface area contributed by atoms with E-state index in [1.54, 1.807) is 0 Å². The van der Waals surface area contributed by atoms with Crippen LogP contribution in [0.2, 0.25) is 10.0 Å². The van der Waals surface area contributed by atoms with E-state index in [4.69, 9.17) is 28.2 Å². The predicted octanol–water partition coefficient (Wildman–Crippen LogP) is 4.20. The van der Waals surface area contributed by atoms with Crippen LogP contribution in [0.3, 0.4) is 0 Å². The molecule has 1 saturated heterocycles. The van der Waals surface area contributed by atoms with E-state index in [0.29, 0.717) is 10.0 Å². The SMILES string of the molecule is Cn1c(CN2CCN(Cc3ccc(Cl)c(Cl)c3)CC2)nc2ccccc21. The summed E-state index contributed by atoms with van der Waals surface area (Å²) in [7, 11) is 2.10. The van der Waals surface area contributed by atoms with Gasteiger partial charge in [0.1, 0.15) is 5.82 Å². The molecule has 1 aliphatic rings. The Morgan fingerprint density at radius 2 is 1.58 bits per heavy atom. The normalized spacial score (nSPS) is 16.4. The molecule has 4 nitrogen and oxygen atoms in total. The summed E-state index contributed by atoms with van der Waals surface area (Å²) in [5, 5.41) is 1.24. The van der Waals surface area contributed by atoms with E-state index in [-0.39, 0.29) is 0 Å². The van der Waals surface area contributed by atoms with E-state index in [1.807, 2.05) is 18.2 Å². The highest BCUT2D eigenvalue weighted by molar-refractivity contribution is 6.42. The van der Waals surface area contributed by atoms with Crippen molar-refractivity contribution in [3.63, 3.8) is 0 Å². The van der Waals surface area contributed by atoms with E-state index in [2.05, 4.69) is 45.7 Å². The van der Waals surface area contributed by atoms with Crippen molar-refractivity contribution in [1.29, 1.82) is 0 Å². The fourth-order valence-corrected chi connectivity index (χ4v) is 3.86. The van der Waals surface area contributed by atoms with E-state index < -0.39 is 0 Å². The Labute approximate surface area is 163 Å². The molecule has 3 aromatic rings. The summed E-state index contributed by atoms with van der Waals surface area (Å²) in [6.07, 6.45) is 0. The van der Waals surface area contributed by atoms with Crippen LogP contribution >= 0.6 is 23.2 Å². The van der Waals surface area contributed by atoms with Crippen molar-refractivity contribution in [2.45, 2.75) is 13.1 Å². The summed E-state index contributed by atoms with van der Waals surface area (Å²) >= 11 is 12.1. The molecule has 1 aromatic heterocycles. The number of nitrogens with zero attached hydrogens (tertiary/aromatic N) is 4. The Kier molecular flexibility index (Phi) is 5.18. The lowest BCUT2D eigenvalue weighted by Gasteiger charge is -2.34. The number of fused-ring (bicyclic) bond motifs is 1. The molecule has 2 aromatic carbocycles. The Balaban J connectivity index is 1.35. The third-order valence-corrected chi connectivity index (χ3v) is 5.84. The molecule has 1 aliphatic heterocycles. The molecule has 0 atom stereocenters. The second-order valence-electron chi connectivity index (χ2n) is 6.88. The Morgan fingerprint density at radius 3 is 2.27 bits per heavy atom. The van der Waals surface area contributed by atoms with Gasteiger partial charge in [0.25, 0.3) is 0 Å². The van der Waals surface area contributed by atoms with Gasteiger partial charge in [-0.15, -0.1) is 0 Å². The number of hydrogen-bond acceptors (Lipinski definition) is 3. The maximum absolute atomic E-state index is 6.13. The number of rotatable bonds is 4. The lowest BCUT2D eigenvalue weighted by atomic mass is 10.2. The molecule has 2 heterocycles. The van der Waals surface area contributed by atoms with Crippen LogP contribution < -0.4 is 0 Å². The first-order valence-corrected chi connectivity index (χ1v) is 9.65. The van der Waals surface area contributed by atoms with Crippen molar-refractivity contribution in [3.8, 4) is 0 Å². The molecule has 0 N–H and O–H groups in total. The molecule has 0 saturated carbocycles. The average Bonchev–Trinajstić information content (AvgIpc) is 2.96. The van der Waals surface area contributed by atoms with Crippen molar-refractivity contribution in [2.24, 2.45) is 7.05 Å². The van der Waals surface area contributed by atoms with Crippen LogP contribution in [-0.4, -0.2) is 45.5 Å². The summed E-state index contributed by atoms with van der Waals surface area (Å²) in [5.41, 5.74) is 3.48. The van der Waals surface area contributed by atoms with Gasteiger partial charge >= 0.3 is 0 Å². The van der Waals surface area contributed by atoms with Gasteiger partial charge < -0.3 is 4.57 Å². The third-order valence-electron chi connectivity index (χ3n) is 5.10. The zero-order valence-electron chi connectivity index (χ0n) is 14.8. The van der Waals surface area contributed by atoms with Crippen LogP contribution in [0.25, 0.3) is 11.0 Å². The smallest absolute Gasteiger partial charge is 0.123 e. The number of benzene rings is 2. The van der Waals surface area contributed by atoms with Crippen molar-refractivity contribution in [2.75, 3.05) is 26.2 Å². The molecule has 0 amide bonds. The molecule has 1 fully saturated rings. The van der Waals surface area contributed by atoms with Crippen molar-refractivity contribution in [3.05, 3.63) is 63.9 Å². The largest absolute Gasteiger partial charge is 0.330 e. The predicted molar refractivity (Wildman–Crippen MR) is 108 cm³/mol. The van der Waals surface area contributed by atoms with Gasteiger partial charge in [0.15, 0.2) is 0 Å². The lowest BCUT2D eigenvalue weighted by Crippen LogP contribution is -2.45. The topological polar surface area (TPSA) is 24.3 Å². The first-order valence-electron chi connectivity index (χ1n) is 8.89. The third kappa shape index (κ3) is 3.74. The average molecular weight is 389 g/mol. The summed E-state index contributed by atoms with van der Waals surface area (Å²) in [6, 6.07) is 14.2. The Hall–Kier alpha value is -1.59. The van der Waals surface area contributed by atoms with Gasteiger partial charge in [-0.1, -0.05) is 41.4 Å². The number of hydrogen-bond donors (Lipinski definition) is 0. The summed E-state index contributed by atoms with van der Waals surface area (Å²) < 4.78 is 2.21. The number of halogens is 2. The van der Waals surface area contributed by atoms with Gasteiger partial charge in [0.05, 0.1) is 27.6 Å². The molecule has 0 spiro atoms. The van der Waals surface area contributed by atoms with Gasteiger partial charge in [-0.05, 0) is 29.8 Å². The van der Waals surface area contributed by atoms with Gasteiger partial charge in [0.2, 0.25) is 0 Å². The van der Waals surface area contributed by atoms with Crippen molar-refractivity contribution < 1.29 is 0 Å². The molecule has 136 valence electrons.